The van der Waals surface area contributed by atoms with Gasteiger partial charge < -0.3 is 20.8 Å². The van der Waals surface area contributed by atoms with Crippen LogP contribution in [0.25, 0.3) is 10.9 Å². The molecule has 0 aliphatic rings. The first-order chi connectivity index (χ1) is 14.7. The van der Waals surface area contributed by atoms with Crippen LogP contribution in [0.1, 0.15) is 26.7 Å². The van der Waals surface area contributed by atoms with Crippen molar-refractivity contribution in [3.8, 4) is 5.88 Å². The summed E-state index contributed by atoms with van der Waals surface area (Å²) in [6.45, 7) is 2.01. The molecule has 0 saturated heterocycles. The van der Waals surface area contributed by atoms with Crippen molar-refractivity contribution in [3.63, 3.8) is 0 Å². The molecule has 10 nitrogen and oxygen atoms in total. The fourth-order valence-corrected chi connectivity index (χ4v) is 2.82. The SMILES string of the molecule is CC(C)C[C@H](NC(=O)Oc1cc2ccccc2[nH]1)C(=O)NN(CCC(N)=O)C(=O)CF. The Balaban J connectivity index is 2.05. The maximum Gasteiger partial charge on any atom is 0.414 e. The zero-order chi connectivity index (χ0) is 23.0. The van der Waals surface area contributed by atoms with Crippen molar-refractivity contribution in [2.75, 3.05) is 13.2 Å². The van der Waals surface area contributed by atoms with Gasteiger partial charge in [0.25, 0.3) is 11.8 Å². The second-order valence-corrected chi connectivity index (χ2v) is 7.31. The molecule has 1 aromatic heterocycles. The number of hydrogen-bond acceptors (Lipinski definition) is 5. The Morgan fingerprint density at radius 1 is 1.23 bits per heavy atom. The summed E-state index contributed by atoms with van der Waals surface area (Å²) >= 11 is 0. The Morgan fingerprint density at radius 2 is 1.94 bits per heavy atom. The van der Waals surface area contributed by atoms with Gasteiger partial charge >= 0.3 is 6.09 Å². The van der Waals surface area contributed by atoms with Crippen LogP contribution in [-0.4, -0.2) is 53.1 Å². The van der Waals surface area contributed by atoms with E-state index in [9.17, 15) is 23.6 Å². The Labute approximate surface area is 178 Å². The van der Waals surface area contributed by atoms with E-state index in [4.69, 9.17) is 10.5 Å². The number of hydrazine groups is 1. The monoisotopic (exact) mass is 435 g/mol. The van der Waals surface area contributed by atoms with E-state index >= 15 is 0 Å². The molecule has 0 spiro atoms. The molecule has 31 heavy (non-hydrogen) atoms. The van der Waals surface area contributed by atoms with Gasteiger partial charge in [0.1, 0.15) is 6.04 Å². The lowest BCUT2D eigenvalue weighted by Gasteiger charge is -2.26. The number of rotatable bonds is 9. The van der Waals surface area contributed by atoms with Crippen LogP contribution < -0.4 is 21.2 Å². The maximum absolute atomic E-state index is 12.8. The summed E-state index contributed by atoms with van der Waals surface area (Å²) in [6, 6.07) is 7.89. The first-order valence-corrected chi connectivity index (χ1v) is 9.70. The summed E-state index contributed by atoms with van der Waals surface area (Å²) in [6.07, 6.45) is -0.925. The van der Waals surface area contributed by atoms with Crippen LogP contribution in [0.5, 0.6) is 5.88 Å². The van der Waals surface area contributed by atoms with E-state index in [0.29, 0.717) is 5.01 Å². The van der Waals surface area contributed by atoms with Gasteiger partial charge in [0, 0.05) is 23.4 Å². The summed E-state index contributed by atoms with van der Waals surface area (Å²) in [7, 11) is 0. The standard InChI is InChI=1S/C20H26FN5O5/c1-12(2)9-15(19(29)25-26(18(28)11-21)8-7-16(22)27)24-20(30)31-17-10-13-5-3-4-6-14(13)23-17/h3-6,10,12,15,23H,7-9,11H2,1-2H3,(H2,22,27)(H,24,30)(H,25,29)/t15-/m0/s1. The van der Waals surface area contributed by atoms with Gasteiger partial charge in [-0.25, -0.2) is 9.18 Å². The van der Waals surface area contributed by atoms with Crippen molar-refractivity contribution in [2.24, 2.45) is 11.7 Å². The summed E-state index contributed by atoms with van der Waals surface area (Å²) in [5, 5.41) is 3.97. The number of benzene rings is 1. The van der Waals surface area contributed by atoms with Gasteiger partial charge in [-0.05, 0) is 18.4 Å². The maximum atomic E-state index is 12.8. The lowest BCUT2D eigenvalue weighted by Crippen LogP contribution is -2.55. The van der Waals surface area contributed by atoms with Gasteiger partial charge in [-0.2, -0.15) is 0 Å². The van der Waals surface area contributed by atoms with Gasteiger partial charge in [-0.3, -0.25) is 24.8 Å². The predicted molar refractivity (Wildman–Crippen MR) is 110 cm³/mol. The molecule has 2 rings (SSSR count). The van der Waals surface area contributed by atoms with Crippen LogP contribution in [0.15, 0.2) is 30.3 Å². The van der Waals surface area contributed by atoms with Gasteiger partial charge in [-0.1, -0.05) is 32.0 Å². The molecule has 2 aromatic rings. The molecule has 1 heterocycles. The average molecular weight is 435 g/mol. The van der Waals surface area contributed by atoms with Crippen LogP contribution in [0, 0.1) is 5.92 Å². The van der Waals surface area contributed by atoms with Crippen molar-refractivity contribution in [2.45, 2.75) is 32.7 Å². The highest BCUT2D eigenvalue weighted by Gasteiger charge is 2.26. The second kappa shape index (κ2) is 11.0. The molecule has 0 radical (unpaired) electrons. The van der Waals surface area contributed by atoms with Gasteiger partial charge in [-0.15, -0.1) is 0 Å². The molecule has 4 amide bonds. The number of nitrogens with one attached hydrogen (secondary N) is 3. The third-order valence-electron chi connectivity index (χ3n) is 4.27. The Kier molecular flexibility index (Phi) is 8.35. The topological polar surface area (TPSA) is 147 Å². The van der Waals surface area contributed by atoms with E-state index in [0.717, 1.165) is 10.9 Å². The number of aromatic nitrogens is 1. The van der Waals surface area contributed by atoms with E-state index in [2.05, 4.69) is 15.7 Å². The zero-order valence-electron chi connectivity index (χ0n) is 17.3. The number of hydrogen-bond donors (Lipinski definition) is 4. The highest BCUT2D eigenvalue weighted by molar-refractivity contribution is 5.89. The number of amides is 4. The first kappa shape index (κ1) is 23.6. The van der Waals surface area contributed by atoms with Gasteiger partial charge in [0.2, 0.25) is 11.8 Å². The molecule has 0 aliphatic carbocycles. The van der Waals surface area contributed by atoms with Gasteiger partial charge in [0.15, 0.2) is 6.67 Å². The fraction of sp³-hybridized carbons (Fsp3) is 0.400. The molecule has 1 aromatic carbocycles. The molecular weight excluding hydrogens is 409 g/mol. The van der Waals surface area contributed by atoms with E-state index in [1.54, 1.807) is 6.07 Å². The van der Waals surface area contributed by atoms with Crippen LogP contribution in [0.2, 0.25) is 0 Å². The molecule has 11 heteroatoms. The second-order valence-electron chi connectivity index (χ2n) is 7.31. The van der Waals surface area contributed by atoms with Crippen LogP contribution in [0.4, 0.5) is 9.18 Å². The smallest absolute Gasteiger partial charge is 0.393 e. The molecule has 0 fully saturated rings. The number of para-hydroxylation sites is 1. The Bertz CT molecular complexity index is 912. The summed E-state index contributed by atoms with van der Waals surface area (Å²) < 4.78 is 18.0. The number of ether oxygens (including phenoxy) is 1. The van der Waals surface area contributed by atoms with E-state index < -0.39 is 36.5 Å². The van der Waals surface area contributed by atoms with Crippen molar-refractivity contribution >= 4 is 34.7 Å². The van der Waals surface area contributed by atoms with E-state index in [-0.39, 0.29) is 31.2 Å². The number of carbonyl (C=O) groups excluding carboxylic acids is 4. The fourth-order valence-electron chi connectivity index (χ4n) is 2.82. The molecule has 0 saturated carbocycles. The molecule has 1 atom stereocenters. The van der Waals surface area contributed by atoms with Crippen LogP contribution in [0.3, 0.4) is 0 Å². The Hall–Kier alpha value is -3.63. The van der Waals surface area contributed by atoms with Crippen LogP contribution in [-0.2, 0) is 14.4 Å². The normalized spacial score (nSPS) is 11.7. The average Bonchev–Trinajstić information content (AvgIpc) is 3.11. The number of H-pyrrole nitrogens is 1. The number of nitrogens with zero attached hydrogens (tertiary/aromatic N) is 1. The van der Waals surface area contributed by atoms with Crippen molar-refractivity contribution in [1.82, 2.24) is 20.7 Å². The quantitative estimate of drug-likeness (QED) is 0.439. The minimum Gasteiger partial charge on any atom is -0.393 e. The van der Waals surface area contributed by atoms with E-state index in [1.165, 1.54) is 0 Å². The summed E-state index contributed by atoms with van der Waals surface area (Å²) in [5.74, 6) is -2.32. The van der Waals surface area contributed by atoms with Crippen molar-refractivity contribution < 1.29 is 28.3 Å². The highest BCUT2D eigenvalue weighted by atomic mass is 19.1. The minimum atomic E-state index is -1.37. The number of alkyl halides is 1. The molecule has 0 bridgehead atoms. The third kappa shape index (κ3) is 7.28. The van der Waals surface area contributed by atoms with E-state index in [1.807, 2.05) is 38.1 Å². The molecule has 0 aliphatic heterocycles. The number of nitrogens with two attached hydrogens (primary N) is 1. The third-order valence-corrected chi connectivity index (χ3v) is 4.27. The molecule has 5 N–H and O–H groups in total. The lowest BCUT2D eigenvalue weighted by atomic mass is 10.0. The number of carbonyl (C=O) groups is 4. The largest absolute Gasteiger partial charge is 0.414 e. The number of halogens is 1. The predicted octanol–water partition coefficient (Wildman–Crippen LogP) is 1.38. The molecular formula is C20H26FN5O5. The molecule has 168 valence electrons. The van der Waals surface area contributed by atoms with Crippen LogP contribution >= 0.6 is 0 Å². The van der Waals surface area contributed by atoms with Gasteiger partial charge in [0.05, 0.1) is 6.54 Å². The lowest BCUT2D eigenvalue weighted by molar-refractivity contribution is -0.143. The van der Waals surface area contributed by atoms with Crippen molar-refractivity contribution in [1.29, 1.82) is 0 Å². The Morgan fingerprint density at radius 3 is 2.55 bits per heavy atom. The zero-order valence-corrected chi connectivity index (χ0v) is 17.3. The first-order valence-electron chi connectivity index (χ1n) is 9.70. The molecule has 0 unspecified atom stereocenters. The number of primary amides is 1. The number of aromatic amines is 1. The summed E-state index contributed by atoms with van der Waals surface area (Å²) in [4.78, 5) is 50.6. The minimum absolute atomic E-state index is 0.0000668. The number of fused-ring (bicyclic) bond motifs is 1. The van der Waals surface area contributed by atoms with Crippen molar-refractivity contribution in [3.05, 3.63) is 30.3 Å². The summed E-state index contributed by atoms with van der Waals surface area (Å²) in [5.41, 5.74) is 8.06. The highest BCUT2D eigenvalue weighted by Crippen LogP contribution is 2.20.